The normalized spacial score (nSPS) is 17.2. The zero-order valence-corrected chi connectivity index (χ0v) is 21.4. The van der Waals surface area contributed by atoms with Crippen molar-refractivity contribution in [1.29, 1.82) is 5.41 Å². The number of piperidine rings is 1. The number of allylic oxidation sites excluding steroid dienone is 1. The quantitative estimate of drug-likeness (QED) is 0.479. The molecular weight excluding hydrogens is 484 g/mol. The van der Waals surface area contributed by atoms with Crippen LogP contribution in [0.15, 0.2) is 53.2 Å². The summed E-state index contributed by atoms with van der Waals surface area (Å²) in [6, 6.07) is 12.6. The average Bonchev–Trinajstić information content (AvgIpc) is 3.53. The third kappa shape index (κ3) is 4.42. The first kappa shape index (κ1) is 25.2. The number of ether oxygens (including phenoxy) is 1. The van der Waals surface area contributed by atoms with Gasteiger partial charge in [-0.05, 0) is 62.6 Å². The van der Waals surface area contributed by atoms with Gasteiger partial charge in [-0.15, -0.1) is 0 Å². The lowest BCUT2D eigenvalue weighted by Gasteiger charge is -2.38. The lowest BCUT2D eigenvalue weighted by atomic mass is 9.77. The Morgan fingerprint density at radius 2 is 1.84 bits per heavy atom. The molecule has 2 saturated heterocycles. The summed E-state index contributed by atoms with van der Waals surface area (Å²) in [7, 11) is 1.56. The van der Waals surface area contributed by atoms with Crippen LogP contribution in [0.4, 0.5) is 5.69 Å². The number of nitrogens with zero attached hydrogens (tertiary/aromatic N) is 4. The molecule has 2 aliphatic heterocycles. The Hall–Kier alpha value is -4.47. The van der Waals surface area contributed by atoms with Crippen molar-refractivity contribution in [1.82, 2.24) is 15.0 Å². The van der Waals surface area contributed by atoms with Gasteiger partial charge in [0.25, 0.3) is 11.8 Å². The molecule has 196 valence electrons. The fourth-order valence-electron chi connectivity index (χ4n) is 5.32. The molecule has 0 bridgehead atoms. The SMILES string of the molecule is COc1cc(N2CCC3(CCN(C(=O)c4ccc(-c5nc(C)no5)cc4)CC3)C2=O)ccc1/C(C=N)=C/N. The van der Waals surface area contributed by atoms with E-state index in [9.17, 15) is 9.59 Å². The van der Waals surface area contributed by atoms with Crippen molar-refractivity contribution in [2.24, 2.45) is 11.1 Å². The van der Waals surface area contributed by atoms with Gasteiger partial charge in [0.1, 0.15) is 5.75 Å². The van der Waals surface area contributed by atoms with E-state index in [1.165, 1.54) is 12.4 Å². The van der Waals surface area contributed by atoms with Gasteiger partial charge in [-0.25, -0.2) is 0 Å². The number of nitrogens with two attached hydrogens (primary N) is 1. The van der Waals surface area contributed by atoms with Gasteiger partial charge in [-0.2, -0.15) is 4.98 Å². The van der Waals surface area contributed by atoms with Gasteiger partial charge >= 0.3 is 0 Å². The predicted octanol–water partition coefficient (Wildman–Crippen LogP) is 3.66. The van der Waals surface area contributed by atoms with E-state index >= 15 is 0 Å². The number of hydrogen-bond donors (Lipinski definition) is 2. The molecule has 2 aliphatic rings. The van der Waals surface area contributed by atoms with Gasteiger partial charge in [-0.1, -0.05) is 5.16 Å². The first-order valence-corrected chi connectivity index (χ1v) is 12.5. The van der Waals surface area contributed by atoms with E-state index in [-0.39, 0.29) is 11.8 Å². The number of aromatic nitrogens is 2. The first-order chi connectivity index (χ1) is 18.4. The largest absolute Gasteiger partial charge is 0.496 e. The summed E-state index contributed by atoms with van der Waals surface area (Å²) < 4.78 is 10.7. The van der Waals surface area contributed by atoms with E-state index in [1.54, 1.807) is 43.2 Å². The van der Waals surface area contributed by atoms with Crippen molar-refractivity contribution in [3.63, 3.8) is 0 Å². The molecule has 10 nitrogen and oxygen atoms in total. The number of aryl methyl sites for hydroxylation is 1. The molecular formula is C28H30N6O4. The van der Waals surface area contributed by atoms with Crippen molar-refractivity contribution < 1.29 is 18.8 Å². The second-order valence-electron chi connectivity index (χ2n) is 9.65. The highest BCUT2D eigenvalue weighted by atomic mass is 16.5. The zero-order chi connectivity index (χ0) is 26.9. The van der Waals surface area contributed by atoms with Crippen molar-refractivity contribution in [2.45, 2.75) is 26.2 Å². The summed E-state index contributed by atoms with van der Waals surface area (Å²) in [5.41, 5.74) is 8.50. The highest BCUT2D eigenvalue weighted by molar-refractivity contribution is 6.09. The number of hydrogen-bond acceptors (Lipinski definition) is 8. The summed E-state index contributed by atoms with van der Waals surface area (Å²) in [4.78, 5) is 34.6. The Morgan fingerprint density at radius 3 is 2.45 bits per heavy atom. The fourth-order valence-corrected chi connectivity index (χ4v) is 5.32. The van der Waals surface area contributed by atoms with Gasteiger partial charge in [0.05, 0.1) is 12.5 Å². The number of carbonyl (C=O) groups is 2. The van der Waals surface area contributed by atoms with Crippen LogP contribution in [0, 0.1) is 17.7 Å². The molecule has 0 atom stereocenters. The molecule has 2 aromatic carbocycles. The minimum Gasteiger partial charge on any atom is -0.496 e. The Kier molecular flexibility index (Phi) is 6.71. The lowest BCUT2D eigenvalue weighted by molar-refractivity contribution is -0.127. The Bertz CT molecular complexity index is 1400. The Labute approximate surface area is 220 Å². The third-order valence-electron chi connectivity index (χ3n) is 7.57. The molecule has 0 radical (unpaired) electrons. The van der Waals surface area contributed by atoms with E-state index in [0.29, 0.717) is 66.6 Å². The average molecular weight is 515 g/mol. The first-order valence-electron chi connectivity index (χ1n) is 12.5. The lowest BCUT2D eigenvalue weighted by Crippen LogP contribution is -2.46. The predicted molar refractivity (Wildman–Crippen MR) is 143 cm³/mol. The number of nitrogens with one attached hydrogen (secondary N) is 1. The number of likely N-dealkylation sites (tertiary alicyclic amines) is 1. The van der Waals surface area contributed by atoms with E-state index in [0.717, 1.165) is 17.7 Å². The minimum atomic E-state index is -0.473. The topological polar surface area (TPSA) is 139 Å². The van der Waals surface area contributed by atoms with Crippen molar-refractivity contribution >= 4 is 29.3 Å². The maximum absolute atomic E-state index is 13.6. The highest BCUT2D eigenvalue weighted by Gasteiger charge is 2.49. The van der Waals surface area contributed by atoms with Crippen molar-refractivity contribution in [2.75, 3.05) is 31.6 Å². The number of carbonyl (C=O) groups excluding carboxylic acids is 2. The fraction of sp³-hybridized carbons (Fsp3) is 0.321. The van der Waals surface area contributed by atoms with Crippen LogP contribution in [0.3, 0.4) is 0 Å². The number of rotatable bonds is 6. The van der Waals surface area contributed by atoms with Gasteiger partial charge < -0.3 is 30.2 Å². The van der Waals surface area contributed by atoms with Crippen LogP contribution in [-0.2, 0) is 4.79 Å². The van der Waals surface area contributed by atoms with E-state index in [1.807, 2.05) is 23.1 Å². The third-order valence-corrected chi connectivity index (χ3v) is 7.57. The van der Waals surface area contributed by atoms with E-state index in [2.05, 4.69) is 10.1 Å². The molecule has 1 aromatic heterocycles. The van der Waals surface area contributed by atoms with Crippen LogP contribution in [0.1, 0.15) is 41.0 Å². The zero-order valence-electron chi connectivity index (χ0n) is 21.4. The number of amides is 2. The summed E-state index contributed by atoms with van der Waals surface area (Å²) in [5, 5.41) is 11.4. The van der Waals surface area contributed by atoms with Gasteiger partial charge in [0, 0.05) is 66.1 Å². The molecule has 3 N–H and O–H groups in total. The minimum absolute atomic E-state index is 0.0503. The van der Waals surface area contributed by atoms with Gasteiger partial charge in [0.15, 0.2) is 5.82 Å². The standard InChI is InChI=1S/C28H30N6O4/c1-18-31-25(38-32-18)19-3-5-20(6-4-19)26(35)33-12-9-28(10-13-33)11-14-34(27(28)36)22-7-8-23(21(16-29)17-30)24(15-22)37-2/h3-8,15-17,29H,9-14,30H2,1-2H3/b21-17+,29-16?. The number of benzene rings is 2. The van der Waals surface area contributed by atoms with Crippen LogP contribution in [0.2, 0.25) is 0 Å². The summed E-state index contributed by atoms with van der Waals surface area (Å²) >= 11 is 0. The van der Waals surface area contributed by atoms with Gasteiger partial charge in [-0.3, -0.25) is 9.59 Å². The molecule has 1 spiro atoms. The van der Waals surface area contributed by atoms with E-state index < -0.39 is 5.41 Å². The molecule has 0 saturated carbocycles. The summed E-state index contributed by atoms with van der Waals surface area (Å²) in [6.07, 6.45) is 4.52. The highest BCUT2D eigenvalue weighted by Crippen LogP contribution is 2.44. The van der Waals surface area contributed by atoms with Crippen LogP contribution < -0.4 is 15.4 Å². The van der Waals surface area contributed by atoms with Crippen LogP contribution in [-0.4, -0.2) is 59.8 Å². The Balaban J connectivity index is 1.25. The molecule has 3 heterocycles. The molecule has 2 fully saturated rings. The van der Waals surface area contributed by atoms with Crippen molar-refractivity contribution in [3.8, 4) is 17.2 Å². The smallest absolute Gasteiger partial charge is 0.257 e. The number of anilines is 1. The summed E-state index contributed by atoms with van der Waals surface area (Å²) in [6.45, 7) is 3.41. The molecule has 10 heteroatoms. The van der Waals surface area contributed by atoms with Crippen LogP contribution in [0.25, 0.3) is 17.0 Å². The summed E-state index contributed by atoms with van der Waals surface area (Å²) in [5.74, 6) is 1.56. The Morgan fingerprint density at radius 1 is 1.13 bits per heavy atom. The van der Waals surface area contributed by atoms with E-state index in [4.69, 9.17) is 20.4 Å². The number of methoxy groups -OCH3 is 1. The molecule has 38 heavy (non-hydrogen) atoms. The van der Waals surface area contributed by atoms with Crippen LogP contribution in [0.5, 0.6) is 5.75 Å². The molecule has 5 rings (SSSR count). The monoisotopic (exact) mass is 514 g/mol. The van der Waals surface area contributed by atoms with Gasteiger partial charge in [0.2, 0.25) is 5.91 Å². The maximum Gasteiger partial charge on any atom is 0.257 e. The maximum atomic E-state index is 13.6. The van der Waals surface area contributed by atoms with Crippen LogP contribution >= 0.6 is 0 Å². The molecule has 3 aromatic rings. The molecule has 2 amide bonds. The second-order valence-corrected chi connectivity index (χ2v) is 9.65. The second kappa shape index (κ2) is 10.1. The van der Waals surface area contributed by atoms with Crippen molar-refractivity contribution in [3.05, 3.63) is 65.6 Å². The molecule has 0 aliphatic carbocycles. The molecule has 0 unspecified atom stereocenters.